The highest BCUT2D eigenvalue weighted by atomic mass is 19.1. The Morgan fingerprint density at radius 2 is 2.21 bits per heavy atom. The van der Waals surface area contributed by atoms with E-state index < -0.39 is 5.82 Å². The van der Waals surface area contributed by atoms with Gasteiger partial charge in [0.2, 0.25) is 0 Å². The minimum absolute atomic E-state index is 0.208. The first kappa shape index (κ1) is 9.19. The first-order valence-electron chi connectivity index (χ1n) is 4.71. The molecular weight excluding hydrogens is 183 g/mol. The number of carbonyl (C=O) groups is 1. The van der Waals surface area contributed by atoms with Gasteiger partial charge in [-0.15, -0.1) is 0 Å². The zero-order chi connectivity index (χ0) is 9.97. The Balaban J connectivity index is 2.18. The van der Waals surface area contributed by atoms with Crippen LogP contribution in [-0.4, -0.2) is 12.4 Å². The molecule has 0 unspecified atom stereocenters. The van der Waals surface area contributed by atoms with Gasteiger partial charge >= 0.3 is 0 Å². The van der Waals surface area contributed by atoms with E-state index in [0.29, 0.717) is 12.0 Å². The molecule has 1 aliphatic rings. The summed E-state index contributed by atoms with van der Waals surface area (Å²) in [5.41, 5.74) is 0.289. The molecule has 0 spiro atoms. The predicted molar refractivity (Wildman–Crippen MR) is 50.1 cm³/mol. The molecule has 1 aliphatic carbocycles. The van der Waals surface area contributed by atoms with Gasteiger partial charge in [0.05, 0.1) is 11.7 Å². The number of halogens is 1. The Morgan fingerprint density at radius 1 is 1.43 bits per heavy atom. The van der Waals surface area contributed by atoms with Gasteiger partial charge in [-0.05, 0) is 37.5 Å². The third-order valence-electron chi connectivity index (χ3n) is 2.44. The van der Waals surface area contributed by atoms with E-state index in [-0.39, 0.29) is 11.7 Å². The van der Waals surface area contributed by atoms with E-state index in [2.05, 4.69) is 0 Å². The van der Waals surface area contributed by atoms with Crippen molar-refractivity contribution in [1.29, 1.82) is 0 Å². The Hall–Kier alpha value is -1.38. The summed E-state index contributed by atoms with van der Waals surface area (Å²) in [6.07, 6.45) is 4.05. The molecule has 0 aromatic heterocycles. The van der Waals surface area contributed by atoms with Crippen LogP contribution in [0.5, 0.6) is 5.75 Å². The molecule has 1 aromatic carbocycles. The third kappa shape index (κ3) is 1.76. The fourth-order valence-corrected chi connectivity index (χ4v) is 1.39. The van der Waals surface area contributed by atoms with Crippen molar-refractivity contribution in [1.82, 2.24) is 0 Å². The van der Waals surface area contributed by atoms with Gasteiger partial charge in [-0.2, -0.15) is 0 Å². The molecule has 0 saturated heterocycles. The quantitative estimate of drug-likeness (QED) is 0.691. The Labute approximate surface area is 81.7 Å². The number of hydrogen-bond donors (Lipinski definition) is 0. The molecular formula is C11H11FO2. The standard InChI is InChI=1S/C11H11FO2/c12-9-4-5-11(8(6-9)7-13)14-10-2-1-3-10/h4-7,10H,1-3H2. The molecule has 14 heavy (non-hydrogen) atoms. The fourth-order valence-electron chi connectivity index (χ4n) is 1.39. The molecule has 0 aliphatic heterocycles. The van der Waals surface area contributed by atoms with Crippen molar-refractivity contribution in [3.63, 3.8) is 0 Å². The minimum atomic E-state index is -0.409. The van der Waals surface area contributed by atoms with Crippen molar-refractivity contribution < 1.29 is 13.9 Å². The van der Waals surface area contributed by atoms with Crippen LogP contribution in [0, 0.1) is 5.82 Å². The van der Waals surface area contributed by atoms with Gasteiger partial charge in [0.15, 0.2) is 6.29 Å². The molecule has 74 valence electrons. The predicted octanol–water partition coefficient (Wildman–Crippen LogP) is 2.57. The molecule has 3 heteroatoms. The summed E-state index contributed by atoms with van der Waals surface area (Å²) in [5, 5.41) is 0. The number of carbonyl (C=O) groups excluding carboxylic acids is 1. The van der Waals surface area contributed by atoms with Gasteiger partial charge in [-0.25, -0.2) is 4.39 Å². The molecule has 0 heterocycles. The number of rotatable bonds is 3. The maximum Gasteiger partial charge on any atom is 0.153 e. The number of benzene rings is 1. The van der Waals surface area contributed by atoms with Crippen molar-refractivity contribution >= 4 is 6.29 Å². The molecule has 2 rings (SSSR count). The highest BCUT2D eigenvalue weighted by Crippen LogP contribution is 2.27. The van der Waals surface area contributed by atoms with E-state index in [0.717, 1.165) is 12.8 Å². The Bertz CT molecular complexity index is 345. The average Bonchev–Trinajstić information content (AvgIpc) is 2.13. The van der Waals surface area contributed by atoms with Crippen LogP contribution in [0.3, 0.4) is 0 Å². The summed E-state index contributed by atoms with van der Waals surface area (Å²) in [6.45, 7) is 0. The SMILES string of the molecule is O=Cc1cc(F)ccc1OC1CCC1. The van der Waals surface area contributed by atoms with Gasteiger partial charge in [-0.3, -0.25) is 4.79 Å². The normalized spacial score (nSPS) is 16.1. The van der Waals surface area contributed by atoms with E-state index in [1.807, 2.05) is 0 Å². The molecule has 0 atom stereocenters. The zero-order valence-corrected chi connectivity index (χ0v) is 7.70. The monoisotopic (exact) mass is 194 g/mol. The molecule has 1 aromatic rings. The first-order valence-corrected chi connectivity index (χ1v) is 4.71. The van der Waals surface area contributed by atoms with Crippen LogP contribution in [0.15, 0.2) is 18.2 Å². The lowest BCUT2D eigenvalue weighted by atomic mass is 9.96. The molecule has 2 nitrogen and oxygen atoms in total. The molecule has 1 fully saturated rings. The third-order valence-corrected chi connectivity index (χ3v) is 2.44. The zero-order valence-electron chi connectivity index (χ0n) is 7.70. The van der Waals surface area contributed by atoms with Gasteiger partial charge < -0.3 is 4.74 Å². The highest BCUT2D eigenvalue weighted by molar-refractivity contribution is 5.79. The van der Waals surface area contributed by atoms with E-state index in [4.69, 9.17) is 4.74 Å². The summed E-state index contributed by atoms with van der Waals surface area (Å²) in [4.78, 5) is 10.6. The van der Waals surface area contributed by atoms with Crippen molar-refractivity contribution in [3.05, 3.63) is 29.6 Å². The van der Waals surface area contributed by atoms with Gasteiger partial charge in [0.1, 0.15) is 11.6 Å². The topological polar surface area (TPSA) is 26.3 Å². The van der Waals surface area contributed by atoms with E-state index in [1.165, 1.54) is 24.6 Å². The van der Waals surface area contributed by atoms with Crippen LogP contribution in [0.2, 0.25) is 0 Å². The van der Waals surface area contributed by atoms with Crippen LogP contribution in [-0.2, 0) is 0 Å². The van der Waals surface area contributed by atoms with Crippen molar-refractivity contribution in [2.45, 2.75) is 25.4 Å². The van der Waals surface area contributed by atoms with Gasteiger partial charge in [-0.1, -0.05) is 0 Å². The van der Waals surface area contributed by atoms with Crippen LogP contribution in [0.4, 0.5) is 4.39 Å². The summed E-state index contributed by atoms with van der Waals surface area (Å²) in [6, 6.07) is 4.01. The Kier molecular flexibility index (Phi) is 2.48. The first-order chi connectivity index (χ1) is 6.79. The second kappa shape index (κ2) is 3.78. The van der Waals surface area contributed by atoms with Gasteiger partial charge in [0.25, 0.3) is 0 Å². The molecule has 0 amide bonds. The van der Waals surface area contributed by atoms with Crippen LogP contribution >= 0.6 is 0 Å². The molecule has 0 bridgehead atoms. The summed E-state index contributed by atoms with van der Waals surface area (Å²) in [5.74, 6) is 0.0826. The van der Waals surface area contributed by atoms with Crippen LogP contribution in [0.1, 0.15) is 29.6 Å². The summed E-state index contributed by atoms with van der Waals surface area (Å²) >= 11 is 0. The number of ether oxygens (including phenoxy) is 1. The maximum absolute atomic E-state index is 12.8. The van der Waals surface area contributed by atoms with E-state index in [1.54, 1.807) is 0 Å². The van der Waals surface area contributed by atoms with E-state index >= 15 is 0 Å². The van der Waals surface area contributed by atoms with E-state index in [9.17, 15) is 9.18 Å². The lowest BCUT2D eigenvalue weighted by Gasteiger charge is -2.26. The summed E-state index contributed by atoms with van der Waals surface area (Å²) < 4.78 is 18.3. The molecule has 1 saturated carbocycles. The average molecular weight is 194 g/mol. The minimum Gasteiger partial charge on any atom is -0.490 e. The molecule has 0 N–H and O–H groups in total. The largest absolute Gasteiger partial charge is 0.490 e. The number of aldehydes is 1. The van der Waals surface area contributed by atoms with Gasteiger partial charge in [0, 0.05) is 0 Å². The second-order valence-corrected chi connectivity index (χ2v) is 3.47. The molecule has 0 radical (unpaired) electrons. The van der Waals surface area contributed by atoms with Crippen molar-refractivity contribution in [2.24, 2.45) is 0 Å². The highest BCUT2D eigenvalue weighted by Gasteiger charge is 2.20. The van der Waals surface area contributed by atoms with Crippen molar-refractivity contribution in [2.75, 3.05) is 0 Å². The summed E-state index contributed by atoms with van der Waals surface area (Å²) in [7, 11) is 0. The Morgan fingerprint density at radius 3 is 2.79 bits per heavy atom. The lowest BCUT2D eigenvalue weighted by Crippen LogP contribution is -2.25. The van der Waals surface area contributed by atoms with Crippen LogP contribution in [0.25, 0.3) is 0 Å². The number of hydrogen-bond acceptors (Lipinski definition) is 2. The maximum atomic E-state index is 12.8. The second-order valence-electron chi connectivity index (χ2n) is 3.47. The van der Waals surface area contributed by atoms with Crippen LogP contribution < -0.4 is 4.74 Å². The van der Waals surface area contributed by atoms with Crippen molar-refractivity contribution in [3.8, 4) is 5.75 Å². The lowest BCUT2D eigenvalue weighted by molar-refractivity contribution is 0.107. The smallest absolute Gasteiger partial charge is 0.153 e. The fraction of sp³-hybridized carbons (Fsp3) is 0.364.